The van der Waals surface area contributed by atoms with E-state index in [2.05, 4.69) is 32.0 Å². The monoisotopic (exact) mass is 434 g/mol. The van der Waals surface area contributed by atoms with Gasteiger partial charge < -0.3 is 9.47 Å². The zero-order valence-electron chi connectivity index (χ0n) is 17.8. The van der Waals surface area contributed by atoms with Gasteiger partial charge in [0.05, 0.1) is 17.1 Å². The van der Waals surface area contributed by atoms with Crippen LogP contribution in [-0.4, -0.2) is 45.4 Å². The minimum atomic E-state index is -1.17. The molecule has 7 nitrogen and oxygen atoms in total. The summed E-state index contributed by atoms with van der Waals surface area (Å²) in [6.07, 6.45) is 0.380. The summed E-state index contributed by atoms with van der Waals surface area (Å²) in [6, 6.07) is 13.9. The fourth-order valence-electron chi connectivity index (χ4n) is 3.18. The summed E-state index contributed by atoms with van der Waals surface area (Å²) in [7, 11) is -1.17. The summed E-state index contributed by atoms with van der Waals surface area (Å²) in [5, 5.41) is 7.26. The maximum absolute atomic E-state index is 12.8. The molecule has 2 unspecified atom stereocenters. The average molecular weight is 435 g/mol. The molecule has 2 aromatic rings. The lowest BCUT2D eigenvalue weighted by atomic mass is 10.1. The van der Waals surface area contributed by atoms with E-state index in [1.807, 2.05) is 42.4 Å². The number of morpholine rings is 1. The van der Waals surface area contributed by atoms with Crippen molar-refractivity contribution in [1.29, 1.82) is 0 Å². The Labute approximate surface area is 180 Å². The van der Waals surface area contributed by atoms with Gasteiger partial charge in [0.15, 0.2) is 0 Å². The highest BCUT2D eigenvalue weighted by molar-refractivity contribution is 7.82. The Bertz CT molecular complexity index is 834. The van der Waals surface area contributed by atoms with Crippen molar-refractivity contribution in [2.75, 3.05) is 13.1 Å². The highest BCUT2D eigenvalue weighted by Gasteiger charge is 2.26. The molecule has 1 heterocycles. The minimum absolute atomic E-state index is 0.0999. The van der Waals surface area contributed by atoms with Crippen molar-refractivity contribution in [2.24, 2.45) is 0 Å². The van der Waals surface area contributed by atoms with Gasteiger partial charge in [-0.05, 0) is 63.1 Å². The molecule has 3 atom stereocenters. The summed E-state index contributed by atoms with van der Waals surface area (Å²) in [6.45, 7) is 10.1. The summed E-state index contributed by atoms with van der Waals surface area (Å²) in [5.74, 6) is 0.787. The molecular weight excluding hydrogens is 404 g/mol. The molecule has 0 bridgehead atoms. The molecule has 0 aliphatic carbocycles. The van der Waals surface area contributed by atoms with E-state index in [0.717, 1.165) is 10.6 Å². The molecule has 0 spiro atoms. The zero-order chi connectivity index (χ0) is 22.1. The summed E-state index contributed by atoms with van der Waals surface area (Å²) < 4.78 is 26.4. The van der Waals surface area contributed by atoms with Crippen LogP contribution in [0.4, 0.5) is 0 Å². The van der Waals surface area contributed by atoms with E-state index in [4.69, 9.17) is 19.5 Å². The van der Waals surface area contributed by atoms with Crippen molar-refractivity contribution in [2.45, 2.75) is 51.4 Å². The Morgan fingerprint density at radius 1 is 1.17 bits per heavy atom. The van der Waals surface area contributed by atoms with Crippen molar-refractivity contribution >= 4 is 17.4 Å². The van der Waals surface area contributed by atoms with Crippen LogP contribution in [-0.2, 0) is 27.1 Å². The number of hydroxylamine groups is 1. The highest BCUT2D eigenvalue weighted by atomic mass is 32.2. The Hall–Kier alpha value is -2.26. The first-order chi connectivity index (χ1) is 14.3. The van der Waals surface area contributed by atoms with Gasteiger partial charge in [-0.3, -0.25) is 10.0 Å². The molecule has 164 valence electrons. The lowest BCUT2D eigenvalue weighted by Crippen LogP contribution is -2.46. The molecule has 1 saturated heterocycles. The number of nitrogens with one attached hydrogen (secondary N) is 1. The molecule has 8 heteroatoms. The third-order valence-electron chi connectivity index (χ3n) is 4.60. The Kier molecular flexibility index (Phi) is 9.45. The number of carbonyl (C=O) groups excluding carboxylic acids is 1. The van der Waals surface area contributed by atoms with Crippen LogP contribution < -0.4 is 10.2 Å². The van der Waals surface area contributed by atoms with E-state index >= 15 is 0 Å². The SMILES string of the molecule is Cc1ccc(C)c(COc2ccc(S(=O)N3CC(C)O[C@@H](C)C3)cc2)c1.O=CNO. The van der Waals surface area contributed by atoms with Gasteiger partial charge in [-0.2, -0.15) is 0 Å². The van der Waals surface area contributed by atoms with Gasteiger partial charge in [0.1, 0.15) is 23.3 Å². The Morgan fingerprint density at radius 3 is 2.33 bits per heavy atom. The predicted molar refractivity (Wildman–Crippen MR) is 116 cm³/mol. The smallest absolute Gasteiger partial charge is 0.230 e. The third kappa shape index (κ3) is 7.21. The number of amides is 1. The van der Waals surface area contributed by atoms with E-state index in [-0.39, 0.29) is 18.6 Å². The lowest BCUT2D eigenvalue weighted by Gasteiger charge is -2.34. The summed E-state index contributed by atoms with van der Waals surface area (Å²) in [4.78, 5) is 9.61. The number of nitrogens with zero attached hydrogens (tertiary/aromatic N) is 1. The Morgan fingerprint density at radius 2 is 1.77 bits per heavy atom. The highest BCUT2D eigenvalue weighted by Crippen LogP contribution is 2.21. The van der Waals surface area contributed by atoms with Gasteiger partial charge in [0, 0.05) is 13.1 Å². The van der Waals surface area contributed by atoms with E-state index in [1.165, 1.54) is 22.2 Å². The fourth-order valence-corrected chi connectivity index (χ4v) is 4.54. The van der Waals surface area contributed by atoms with Gasteiger partial charge in [0.2, 0.25) is 6.41 Å². The van der Waals surface area contributed by atoms with Crippen LogP contribution in [0.15, 0.2) is 47.4 Å². The summed E-state index contributed by atoms with van der Waals surface area (Å²) in [5.41, 5.74) is 4.90. The van der Waals surface area contributed by atoms with E-state index < -0.39 is 11.0 Å². The van der Waals surface area contributed by atoms with Crippen LogP contribution >= 0.6 is 0 Å². The lowest BCUT2D eigenvalue weighted by molar-refractivity contribution is -0.116. The van der Waals surface area contributed by atoms with E-state index in [0.29, 0.717) is 19.7 Å². The minimum Gasteiger partial charge on any atom is -0.489 e. The van der Waals surface area contributed by atoms with Gasteiger partial charge >= 0.3 is 0 Å². The first-order valence-electron chi connectivity index (χ1n) is 9.78. The number of hydrogen-bond donors (Lipinski definition) is 2. The molecule has 1 fully saturated rings. The molecule has 1 amide bonds. The van der Waals surface area contributed by atoms with Crippen molar-refractivity contribution in [3.63, 3.8) is 0 Å². The average Bonchev–Trinajstić information content (AvgIpc) is 2.73. The van der Waals surface area contributed by atoms with Gasteiger partial charge in [-0.1, -0.05) is 23.8 Å². The van der Waals surface area contributed by atoms with Crippen LogP contribution in [0, 0.1) is 13.8 Å². The number of aryl methyl sites for hydroxylation is 2. The van der Waals surface area contributed by atoms with Crippen LogP contribution in [0.3, 0.4) is 0 Å². The molecule has 0 aromatic heterocycles. The molecule has 1 aliphatic heterocycles. The molecule has 2 N–H and O–H groups in total. The molecule has 0 radical (unpaired) electrons. The number of ether oxygens (including phenoxy) is 2. The van der Waals surface area contributed by atoms with Crippen LogP contribution in [0.5, 0.6) is 5.75 Å². The number of rotatable bonds is 6. The molecule has 1 aliphatic rings. The quantitative estimate of drug-likeness (QED) is 0.414. The summed E-state index contributed by atoms with van der Waals surface area (Å²) >= 11 is 0. The largest absolute Gasteiger partial charge is 0.489 e. The van der Waals surface area contributed by atoms with Crippen molar-refractivity contribution in [1.82, 2.24) is 9.79 Å². The van der Waals surface area contributed by atoms with Crippen molar-refractivity contribution in [3.05, 3.63) is 59.2 Å². The maximum atomic E-state index is 12.8. The standard InChI is InChI=1S/C21H27NO3S.CH3NO2/c1-15-5-6-16(2)19(11-15)14-24-20-7-9-21(10-8-20)26(23)22-12-17(3)25-18(4)13-22;3-1-2-4/h5-11,17-18H,12-14H2,1-4H3;1,4H,(H,2,3)/t17-,18?,26?;/m0./s1. The van der Waals surface area contributed by atoms with Crippen molar-refractivity contribution in [3.8, 4) is 5.75 Å². The first-order valence-corrected chi connectivity index (χ1v) is 10.9. The van der Waals surface area contributed by atoms with Crippen LogP contribution in [0.1, 0.15) is 30.5 Å². The number of carbonyl (C=O) groups is 1. The van der Waals surface area contributed by atoms with E-state index in [9.17, 15) is 4.21 Å². The molecule has 0 saturated carbocycles. The second-order valence-electron chi connectivity index (χ2n) is 7.29. The van der Waals surface area contributed by atoms with E-state index in [1.54, 1.807) is 0 Å². The zero-order valence-corrected chi connectivity index (χ0v) is 18.6. The Balaban J connectivity index is 0.000000735. The second kappa shape index (κ2) is 11.8. The fraction of sp³-hybridized carbons (Fsp3) is 0.409. The normalized spacial score (nSPS) is 19.9. The second-order valence-corrected chi connectivity index (χ2v) is 8.78. The molecule has 30 heavy (non-hydrogen) atoms. The molecular formula is C22H30N2O5S. The van der Waals surface area contributed by atoms with Gasteiger partial charge in [-0.25, -0.2) is 14.0 Å². The van der Waals surface area contributed by atoms with Crippen LogP contribution in [0.25, 0.3) is 0 Å². The number of benzene rings is 2. The topological polar surface area (TPSA) is 88.1 Å². The first kappa shape index (κ1) is 24.0. The molecule has 3 rings (SSSR count). The maximum Gasteiger partial charge on any atom is 0.230 e. The van der Waals surface area contributed by atoms with Crippen molar-refractivity contribution < 1.29 is 23.7 Å². The van der Waals surface area contributed by atoms with Gasteiger partial charge in [0.25, 0.3) is 0 Å². The third-order valence-corrected chi connectivity index (χ3v) is 6.04. The van der Waals surface area contributed by atoms with Gasteiger partial charge in [-0.15, -0.1) is 0 Å². The number of hydrogen-bond acceptors (Lipinski definition) is 5. The predicted octanol–water partition coefficient (Wildman–Crippen LogP) is 3.14. The van der Waals surface area contributed by atoms with Crippen LogP contribution in [0.2, 0.25) is 0 Å². The molecule has 2 aromatic carbocycles.